The molecule has 4 amide bonds. The van der Waals surface area contributed by atoms with Gasteiger partial charge in [-0.2, -0.15) is 0 Å². The lowest BCUT2D eigenvalue weighted by Gasteiger charge is -2.34. The smallest absolute Gasteiger partial charge is 0.313 e. The number of methoxy groups -OCH3 is 1. The van der Waals surface area contributed by atoms with E-state index in [1.54, 1.807) is 31.2 Å². The zero-order valence-electron chi connectivity index (χ0n) is 16.6. The third-order valence-corrected chi connectivity index (χ3v) is 5.19. The van der Waals surface area contributed by atoms with Crippen LogP contribution in [0.25, 0.3) is 0 Å². The lowest BCUT2D eigenvalue weighted by atomic mass is 9.86. The average molecular weight is 410 g/mol. The number of nitrogens with one attached hydrogen (secondary N) is 1. The Hall–Kier alpha value is -3.88. The second-order valence-electron chi connectivity index (χ2n) is 7.16. The first-order valence-corrected chi connectivity index (χ1v) is 9.12. The molecule has 2 aromatic carbocycles. The summed E-state index contributed by atoms with van der Waals surface area (Å²) in [4.78, 5) is 50.2. The zero-order chi connectivity index (χ0) is 22.1. The highest BCUT2D eigenvalue weighted by Crippen LogP contribution is 2.31. The van der Waals surface area contributed by atoms with Crippen LogP contribution in [-0.4, -0.2) is 42.7 Å². The fraction of sp³-hybridized carbons (Fsp3) is 0.238. The third-order valence-electron chi connectivity index (χ3n) is 5.19. The molecule has 9 heteroatoms. The van der Waals surface area contributed by atoms with Crippen molar-refractivity contribution < 1.29 is 23.9 Å². The fourth-order valence-electron chi connectivity index (χ4n) is 3.69. The summed E-state index contributed by atoms with van der Waals surface area (Å²) in [6, 6.07) is 8.75. The maximum absolute atomic E-state index is 13.0. The predicted molar refractivity (Wildman–Crippen MR) is 108 cm³/mol. The van der Waals surface area contributed by atoms with Crippen molar-refractivity contribution in [2.45, 2.75) is 19.0 Å². The Kier molecular flexibility index (Phi) is 5.46. The van der Waals surface area contributed by atoms with Crippen LogP contribution in [0.15, 0.2) is 36.4 Å². The van der Waals surface area contributed by atoms with Crippen molar-refractivity contribution in [1.29, 1.82) is 0 Å². The summed E-state index contributed by atoms with van der Waals surface area (Å²) in [5.41, 5.74) is 11.4. The van der Waals surface area contributed by atoms with E-state index in [4.69, 9.17) is 16.2 Å². The van der Waals surface area contributed by atoms with Gasteiger partial charge in [-0.25, -0.2) is 4.79 Å². The van der Waals surface area contributed by atoms with Crippen LogP contribution in [0, 0.1) is 6.92 Å². The number of primary amides is 2. The molecule has 0 aromatic heterocycles. The fourth-order valence-corrected chi connectivity index (χ4v) is 3.69. The number of aldehydes is 1. The molecule has 2 aromatic rings. The molecular weight excluding hydrogens is 388 g/mol. The summed E-state index contributed by atoms with van der Waals surface area (Å²) < 4.78 is 5.17. The van der Waals surface area contributed by atoms with Gasteiger partial charge >= 0.3 is 6.03 Å². The molecule has 0 radical (unpaired) electrons. The van der Waals surface area contributed by atoms with Crippen LogP contribution < -0.4 is 21.5 Å². The number of urea groups is 1. The normalized spacial score (nSPS) is 14.6. The van der Waals surface area contributed by atoms with Gasteiger partial charge < -0.3 is 31.2 Å². The van der Waals surface area contributed by atoms with E-state index in [-0.39, 0.29) is 24.6 Å². The van der Waals surface area contributed by atoms with Crippen molar-refractivity contribution in [1.82, 2.24) is 10.2 Å². The minimum atomic E-state index is -1.66. The number of nitrogens with zero attached hydrogens (tertiary/aromatic N) is 1. The van der Waals surface area contributed by atoms with Gasteiger partial charge in [0.15, 0.2) is 6.29 Å². The third kappa shape index (κ3) is 3.69. The van der Waals surface area contributed by atoms with Crippen molar-refractivity contribution in [3.8, 4) is 5.75 Å². The second kappa shape index (κ2) is 7.86. The van der Waals surface area contributed by atoms with E-state index in [1.165, 1.54) is 24.1 Å². The molecule has 156 valence electrons. The van der Waals surface area contributed by atoms with Crippen LogP contribution in [-0.2, 0) is 16.9 Å². The first-order chi connectivity index (χ1) is 14.2. The van der Waals surface area contributed by atoms with Crippen molar-refractivity contribution >= 4 is 24.1 Å². The van der Waals surface area contributed by atoms with E-state index in [0.717, 1.165) is 5.56 Å². The molecule has 0 fully saturated rings. The van der Waals surface area contributed by atoms with Crippen LogP contribution in [0.3, 0.4) is 0 Å². The molecule has 0 saturated heterocycles. The highest BCUT2D eigenvalue weighted by molar-refractivity contribution is 5.99. The van der Waals surface area contributed by atoms with E-state index >= 15 is 0 Å². The molecule has 30 heavy (non-hydrogen) atoms. The monoisotopic (exact) mass is 410 g/mol. The van der Waals surface area contributed by atoms with Crippen LogP contribution in [0.4, 0.5) is 4.79 Å². The number of rotatable bonds is 7. The molecule has 0 saturated carbocycles. The quantitative estimate of drug-likeness (QED) is 0.579. The van der Waals surface area contributed by atoms with Gasteiger partial charge in [-0.05, 0) is 47.9 Å². The van der Waals surface area contributed by atoms with Gasteiger partial charge in [0.05, 0.1) is 13.7 Å². The molecule has 1 aliphatic heterocycles. The maximum atomic E-state index is 13.0. The average Bonchev–Trinajstić information content (AvgIpc) is 3.01. The second-order valence-corrected chi connectivity index (χ2v) is 7.16. The molecule has 3 rings (SSSR count). The van der Waals surface area contributed by atoms with E-state index in [2.05, 4.69) is 5.32 Å². The van der Waals surface area contributed by atoms with E-state index in [0.29, 0.717) is 28.7 Å². The summed E-state index contributed by atoms with van der Waals surface area (Å²) in [6.07, 6.45) is 0.516. The molecule has 9 nitrogen and oxygen atoms in total. The van der Waals surface area contributed by atoms with Gasteiger partial charge in [0.25, 0.3) is 5.91 Å². The maximum Gasteiger partial charge on any atom is 0.313 e. The lowest BCUT2D eigenvalue weighted by molar-refractivity contribution is -0.113. The Bertz CT molecular complexity index is 1050. The lowest BCUT2D eigenvalue weighted by Crippen LogP contribution is -2.56. The summed E-state index contributed by atoms with van der Waals surface area (Å²) in [7, 11) is 1.50. The number of nitrogens with two attached hydrogens (primary N) is 2. The summed E-state index contributed by atoms with van der Waals surface area (Å²) in [6.45, 7) is 1.77. The van der Waals surface area contributed by atoms with Crippen molar-refractivity contribution in [2.24, 2.45) is 11.5 Å². The van der Waals surface area contributed by atoms with Gasteiger partial charge in [0, 0.05) is 17.7 Å². The van der Waals surface area contributed by atoms with Crippen LogP contribution in [0.1, 0.15) is 37.4 Å². The molecular formula is C21H22N4O5. The number of ether oxygens (including phenoxy) is 1. The van der Waals surface area contributed by atoms with Gasteiger partial charge in [0.1, 0.15) is 11.3 Å². The number of hydrogen-bond acceptors (Lipinski definition) is 5. The van der Waals surface area contributed by atoms with Crippen LogP contribution in [0.5, 0.6) is 5.75 Å². The number of hydrogen-bond donors (Lipinski definition) is 3. The number of carbonyl (C=O) groups is 4. The highest BCUT2D eigenvalue weighted by Gasteiger charge is 2.41. The van der Waals surface area contributed by atoms with Crippen molar-refractivity contribution in [3.63, 3.8) is 0 Å². The summed E-state index contributed by atoms with van der Waals surface area (Å²) in [5, 5.41) is 2.46. The number of carbonyl (C=O) groups excluding carboxylic acids is 4. The molecule has 1 heterocycles. The Labute approximate surface area is 173 Å². The molecule has 0 aliphatic carbocycles. The summed E-state index contributed by atoms with van der Waals surface area (Å²) in [5.74, 6) is -0.470. The van der Waals surface area contributed by atoms with E-state index in [1.807, 2.05) is 0 Å². The molecule has 1 atom stereocenters. The first kappa shape index (κ1) is 20.8. The number of fused-ring (bicyclic) bond motifs is 1. The number of aryl methyl sites for hydroxylation is 1. The highest BCUT2D eigenvalue weighted by atomic mass is 16.5. The van der Waals surface area contributed by atoms with E-state index in [9.17, 15) is 19.2 Å². The van der Waals surface area contributed by atoms with Gasteiger partial charge in [-0.3, -0.25) is 9.59 Å². The standard InChI is InChI=1S/C21H22N4O5/c1-12-3-4-13(18(22)27)7-17(12)21(11-26,24-20(23)29)10-25-9-14-5-6-15(30-2)8-16(14)19(25)28/h3-8,11H,9-10H2,1-2H3,(H2,22,27)(H3,23,24,29)/t21-/m1/s1. The number of benzene rings is 2. The number of amides is 4. The SMILES string of the molecule is COc1ccc2c(c1)C(=O)N(C[C@](C=O)(NC(N)=O)c1cc(C(N)=O)ccc1C)C2. The van der Waals surface area contributed by atoms with Gasteiger partial charge in [-0.15, -0.1) is 0 Å². The Morgan fingerprint density at radius 3 is 2.57 bits per heavy atom. The zero-order valence-corrected chi connectivity index (χ0v) is 16.6. The molecule has 0 spiro atoms. The van der Waals surface area contributed by atoms with Crippen molar-refractivity contribution in [2.75, 3.05) is 13.7 Å². The Morgan fingerprint density at radius 2 is 1.97 bits per heavy atom. The minimum absolute atomic E-state index is 0.161. The van der Waals surface area contributed by atoms with Crippen LogP contribution in [0.2, 0.25) is 0 Å². The Morgan fingerprint density at radius 1 is 1.23 bits per heavy atom. The van der Waals surface area contributed by atoms with Crippen molar-refractivity contribution in [3.05, 3.63) is 64.2 Å². The Balaban J connectivity index is 2.05. The molecule has 0 unspecified atom stereocenters. The molecule has 0 bridgehead atoms. The largest absolute Gasteiger partial charge is 0.497 e. The van der Waals surface area contributed by atoms with Crippen LogP contribution >= 0.6 is 0 Å². The first-order valence-electron chi connectivity index (χ1n) is 9.12. The topological polar surface area (TPSA) is 145 Å². The predicted octanol–water partition coefficient (Wildman–Crippen LogP) is 0.821. The van der Waals surface area contributed by atoms with Gasteiger partial charge in [-0.1, -0.05) is 12.1 Å². The van der Waals surface area contributed by atoms with Gasteiger partial charge in [0.2, 0.25) is 5.91 Å². The molecule has 5 N–H and O–H groups in total. The van der Waals surface area contributed by atoms with E-state index < -0.39 is 17.5 Å². The minimum Gasteiger partial charge on any atom is -0.497 e. The molecule has 1 aliphatic rings. The summed E-state index contributed by atoms with van der Waals surface area (Å²) >= 11 is 0.